The second kappa shape index (κ2) is 11.5. The maximum absolute atomic E-state index is 14.3. The molecule has 256 valence electrons. The Morgan fingerprint density at radius 2 is 1.86 bits per heavy atom. The van der Waals surface area contributed by atoms with Crippen LogP contribution >= 0.6 is 0 Å². The summed E-state index contributed by atoms with van der Waals surface area (Å²) < 4.78 is 24.2. The number of esters is 1. The van der Waals surface area contributed by atoms with Gasteiger partial charge in [-0.25, -0.2) is 14.8 Å². The van der Waals surface area contributed by atoms with Crippen molar-refractivity contribution in [1.29, 1.82) is 0 Å². The highest BCUT2D eigenvalue weighted by atomic mass is 16.5. The molecule has 49 heavy (non-hydrogen) atoms. The molecule has 2 aromatic heterocycles. The van der Waals surface area contributed by atoms with Crippen molar-refractivity contribution in [3.63, 3.8) is 0 Å². The van der Waals surface area contributed by atoms with Gasteiger partial charge in [-0.2, -0.15) is 0 Å². The van der Waals surface area contributed by atoms with Gasteiger partial charge in [0.1, 0.15) is 35.6 Å². The van der Waals surface area contributed by atoms with Gasteiger partial charge >= 0.3 is 5.97 Å². The minimum atomic E-state index is -1.29. The maximum atomic E-state index is 14.3. The SMILES string of the molecule is COC(=O)c1coc(-c2nc3oc2[C@@]24c5ccccc5NC2Oc2ccc(cc24)C[C@H](N(C)C(=O)[C@@H](O)C(C)C)C(=O)NC3C(C)(C)C)n1. The number of carbonyl (C=O) groups is 3. The fourth-order valence-corrected chi connectivity index (χ4v) is 6.97. The first kappa shape index (κ1) is 32.4. The molecule has 13 heteroatoms. The molecule has 3 N–H and O–H groups in total. The van der Waals surface area contributed by atoms with Crippen molar-refractivity contribution < 1.29 is 37.8 Å². The van der Waals surface area contributed by atoms with Crippen LogP contribution in [-0.2, 0) is 26.2 Å². The van der Waals surface area contributed by atoms with Gasteiger partial charge in [0, 0.05) is 24.7 Å². The second-order valence-corrected chi connectivity index (χ2v) is 14.3. The molecule has 0 saturated carbocycles. The molecule has 0 radical (unpaired) electrons. The number of ether oxygens (including phenoxy) is 2. The Morgan fingerprint density at radius 1 is 1.10 bits per heavy atom. The molecule has 0 saturated heterocycles. The van der Waals surface area contributed by atoms with Crippen LogP contribution in [0.1, 0.15) is 79.5 Å². The molecule has 5 atom stereocenters. The number of anilines is 1. The zero-order chi connectivity index (χ0) is 35.0. The monoisotopic (exact) mass is 669 g/mol. The molecule has 7 rings (SSSR count). The zero-order valence-corrected chi connectivity index (χ0v) is 28.4. The van der Waals surface area contributed by atoms with E-state index in [9.17, 15) is 19.5 Å². The summed E-state index contributed by atoms with van der Waals surface area (Å²) in [6, 6.07) is 11.7. The smallest absolute Gasteiger partial charge is 0.360 e. The number of aliphatic hydroxyl groups is 1. The number of benzene rings is 2. The fourth-order valence-electron chi connectivity index (χ4n) is 6.97. The quantitative estimate of drug-likeness (QED) is 0.261. The van der Waals surface area contributed by atoms with E-state index in [1.807, 2.05) is 63.2 Å². The number of fused-ring (bicyclic) bond motifs is 4. The molecule has 3 aliphatic rings. The predicted octanol–water partition coefficient (Wildman–Crippen LogP) is 4.20. The fraction of sp³-hybridized carbons (Fsp3) is 0.417. The highest BCUT2D eigenvalue weighted by molar-refractivity contribution is 5.90. The number of aliphatic hydroxyl groups excluding tert-OH is 1. The van der Waals surface area contributed by atoms with Crippen molar-refractivity contribution >= 4 is 23.5 Å². The summed E-state index contributed by atoms with van der Waals surface area (Å²) in [6.07, 6.45) is -0.604. The van der Waals surface area contributed by atoms with Crippen LogP contribution in [-0.4, -0.2) is 70.3 Å². The lowest BCUT2D eigenvalue weighted by atomic mass is 9.72. The molecule has 2 amide bonds. The van der Waals surface area contributed by atoms with Crippen molar-refractivity contribution in [3.05, 3.63) is 82.8 Å². The molecule has 13 nitrogen and oxygen atoms in total. The van der Waals surface area contributed by atoms with Crippen LogP contribution in [0.5, 0.6) is 5.75 Å². The average molecular weight is 670 g/mol. The van der Waals surface area contributed by atoms with Crippen LogP contribution in [0.15, 0.2) is 57.6 Å². The van der Waals surface area contributed by atoms with E-state index >= 15 is 0 Å². The van der Waals surface area contributed by atoms with Gasteiger partial charge in [0.25, 0.3) is 5.91 Å². The first-order valence-corrected chi connectivity index (χ1v) is 16.2. The minimum absolute atomic E-state index is 0.0206. The Hall–Kier alpha value is -5.17. The van der Waals surface area contributed by atoms with Gasteiger partial charge in [-0.1, -0.05) is 65.0 Å². The molecule has 1 spiro atoms. The minimum Gasteiger partial charge on any atom is -0.469 e. The number of nitrogens with zero attached hydrogens (tertiary/aromatic N) is 3. The number of nitrogens with one attached hydrogen (secondary N) is 2. The van der Waals surface area contributed by atoms with E-state index in [1.165, 1.54) is 25.3 Å². The lowest BCUT2D eigenvalue weighted by molar-refractivity contribution is -0.147. The third-order valence-electron chi connectivity index (χ3n) is 9.68. The van der Waals surface area contributed by atoms with Crippen LogP contribution in [0.4, 0.5) is 5.69 Å². The first-order valence-electron chi connectivity index (χ1n) is 16.2. The standard InChI is InChI=1S/C36H39N5O8/c1-17(2)26(42)32(44)41(6)23-15-18-12-13-24-20(14-18)36(19-10-8-9-11-21(19)38-34(36)48-24)28-25(30-37-22(16-47-30)33(45)46-7)39-31(49-28)27(35(3,4)5)40-29(23)43/h8-14,16-17,23,26-27,34,38,42H,15H2,1-7H3,(H,40,43)/t23-,26-,27?,34?,36-/m0/s1. The molecule has 4 bridgehead atoms. The van der Waals surface area contributed by atoms with Gasteiger partial charge in [-0.3, -0.25) is 9.59 Å². The number of amides is 2. The van der Waals surface area contributed by atoms with Crippen LogP contribution in [0.25, 0.3) is 11.6 Å². The lowest BCUT2D eigenvalue weighted by Gasteiger charge is -2.35. The van der Waals surface area contributed by atoms with Crippen molar-refractivity contribution in [3.8, 4) is 17.3 Å². The van der Waals surface area contributed by atoms with Gasteiger partial charge in [0.15, 0.2) is 23.4 Å². The van der Waals surface area contributed by atoms with Crippen LogP contribution < -0.4 is 15.4 Å². The van der Waals surface area contributed by atoms with Crippen molar-refractivity contribution in [2.24, 2.45) is 11.3 Å². The van der Waals surface area contributed by atoms with Crippen molar-refractivity contribution in [2.45, 2.75) is 70.9 Å². The lowest BCUT2D eigenvalue weighted by Crippen LogP contribution is -2.54. The number of para-hydroxylation sites is 1. The Morgan fingerprint density at radius 3 is 2.57 bits per heavy atom. The van der Waals surface area contributed by atoms with Gasteiger partial charge in [0.05, 0.1) is 7.11 Å². The van der Waals surface area contributed by atoms with E-state index in [0.29, 0.717) is 11.5 Å². The summed E-state index contributed by atoms with van der Waals surface area (Å²) in [6.45, 7) is 9.31. The summed E-state index contributed by atoms with van der Waals surface area (Å²) in [7, 11) is 2.79. The topological polar surface area (TPSA) is 169 Å². The van der Waals surface area contributed by atoms with Crippen molar-refractivity contribution in [2.75, 3.05) is 19.5 Å². The van der Waals surface area contributed by atoms with E-state index in [1.54, 1.807) is 13.8 Å². The van der Waals surface area contributed by atoms with Crippen LogP contribution in [0.2, 0.25) is 0 Å². The van der Waals surface area contributed by atoms with E-state index in [0.717, 1.165) is 22.4 Å². The molecule has 4 aromatic rings. The second-order valence-electron chi connectivity index (χ2n) is 14.3. The molecule has 3 aliphatic heterocycles. The van der Waals surface area contributed by atoms with E-state index < -0.39 is 53.0 Å². The summed E-state index contributed by atoms with van der Waals surface area (Å²) in [5.41, 5.74) is 1.61. The molecule has 2 unspecified atom stereocenters. The average Bonchev–Trinajstić information content (AvgIpc) is 3.84. The normalized spacial score (nSPS) is 22.9. The third kappa shape index (κ3) is 4.97. The Bertz CT molecular complexity index is 1980. The summed E-state index contributed by atoms with van der Waals surface area (Å²) in [5, 5.41) is 17.4. The number of oxazole rings is 2. The van der Waals surface area contributed by atoms with E-state index in [4.69, 9.17) is 23.3 Å². The molecule has 0 aliphatic carbocycles. The molecule has 0 fully saturated rings. The third-order valence-corrected chi connectivity index (χ3v) is 9.68. The van der Waals surface area contributed by atoms with Gasteiger partial charge in [-0.05, 0) is 34.6 Å². The van der Waals surface area contributed by atoms with Crippen LogP contribution in [0.3, 0.4) is 0 Å². The number of hydrogen-bond acceptors (Lipinski definition) is 11. The van der Waals surface area contributed by atoms with Gasteiger partial charge < -0.3 is 38.9 Å². The number of carbonyl (C=O) groups excluding carboxylic acids is 3. The Labute approximate surface area is 283 Å². The largest absolute Gasteiger partial charge is 0.469 e. The maximum Gasteiger partial charge on any atom is 0.360 e. The Kier molecular flexibility index (Phi) is 7.58. The number of rotatable bonds is 5. The highest BCUT2D eigenvalue weighted by Gasteiger charge is 2.61. The molecular weight excluding hydrogens is 630 g/mol. The van der Waals surface area contributed by atoms with Gasteiger partial charge in [0.2, 0.25) is 17.7 Å². The van der Waals surface area contributed by atoms with Gasteiger partial charge in [-0.15, -0.1) is 0 Å². The zero-order valence-electron chi connectivity index (χ0n) is 28.4. The predicted molar refractivity (Wildman–Crippen MR) is 176 cm³/mol. The van der Waals surface area contributed by atoms with E-state index in [-0.39, 0.29) is 35.5 Å². The number of methoxy groups -OCH3 is 1. The first-order chi connectivity index (χ1) is 23.2. The molecule has 5 heterocycles. The summed E-state index contributed by atoms with van der Waals surface area (Å²) >= 11 is 0. The molecule has 2 aromatic carbocycles. The summed E-state index contributed by atoms with van der Waals surface area (Å²) in [4.78, 5) is 50.9. The number of likely N-dealkylation sites (N-methyl/N-ethyl adjacent to an activating group) is 1. The van der Waals surface area contributed by atoms with E-state index in [2.05, 4.69) is 15.6 Å². The molecular formula is C36H39N5O8. The van der Waals surface area contributed by atoms with Crippen molar-refractivity contribution in [1.82, 2.24) is 20.2 Å². The number of aromatic nitrogens is 2. The number of hydrogen-bond donors (Lipinski definition) is 3. The highest BCUT2D eigenvalue weighted by Crippen LogP contribution is 2.59. The van der Waals surface area contributed by atoms with Crippen LogP contribution in [0, 0.1) is 11.3 Å². The Balaban J connectivity index is 1.51. The summed E-state index contributed by atoms with van der Waals surface area (Å²) in [5.74, 6) is -0.908.